The van der Waals surface area contributed by atoms with Crippen molar-refractivity contribution >= 4 is 6.29 Å². The van der Waals surface area contributed by atoms with Crippen molar-refractivity contribution in [2.45, 2.75) is 26.3 Å². The molecule has 0 heterocycles. The van der Waals surface area contributed by atoms with Gasteiger partial charge in [-0.2, -0.15) is 0 Å². The Bertz CT molecular complexity index is 83.0. The standard InChI is InChI=1S/C7H15NO/c1-4-6(2)7(5-9)8-3/h5-8H,4H2,1-3H3/t6?,7-/m0/s1. The lowest BCUT2D eigenvalue weighted by atomic mass is 10.0. The minimum Gasteiger partial charge on any atom is -0.311 e. The lowest BCUT2D eigenvalue weighted by molar-refractivity contribution is -0.110. The van der Waals surface area contributed by atoms with Gasteiger partial charge < -0.3 is 10.1 Å². The number of hydrogen-bond donors (Lipinski definition) is 1. The van der Waals surface area contributed by atoms with Crippen molar-refractivity contribution in [3.63, 3.8) is 0 Å². The Kier molecular flexibility index (Phi) is 4.32. The molecule has 0 saturated heterocycles. The maximum absolute atomic E-state index is 10.3. The molecule has 0 spiro atoms. The van der Waals surface area contributed by atoms with Gasteiger partial charge in [0.15, 0.2) is 0 Å². The minimum absolute atomic E-state index is 0.0370. The van der Waals surface area contributed by atoms with Gasteiger partial charge in [-0.25, -0.2) is 0 Å². The highest BCUT2D eigenvalue weighted by Gasteiger charge is 2.10. The molecule has 0 saturated carbocycles. The van der Waals surface area contributed by atoms with Crippen LogP contribution in [0.15, 0.2) is 0 Å². The molecule has 2 atom stereocenters. The Morgan fingerprint density at radius 1 is 1.67 bits per heavy atom. The third-order valence-corrected chi connectivity index (χ3v) is 1.74. The highest BCUT2D eigenvalue weighted by Crippen LogP contribution is 2.03. The van der Waals surface area contributed by atoms with E-state index in [4.69, 9.17) is 0 Å². The van der Waals surface area contributed by atoms with Crippen LogP contribution in [0.25, 0.3) is 0 Å². The Hall–Kier alpha value is -0.370. The number of likely N-dealkylation sites (N-methyl/N-ethyl adjacent to an activating group) is 1. The second-order valence-corrected chi connectivity index (χ2v) is 2.34. The van der Waals surface area contributed by atoms with Crippen molar-refractivity contribution in [3.8, 4) is 0 Å². The fourth-order valence-electron chi connectivity index (χ4n) is 0.741. The van der Waals surface area contributed by atoms with Crippen LogP contribution in [-0.2, 0) is 4.79 Å². The lowest BCUT2D eigenvalue weighted by Crippen LogP contribution is -2.32. The number of aldehydes is 1. The van der Waals surface area contributed by atoms with E-state index in [1.807, 2.05) is 7.05 Å². The summed E-state index contributed by atoms with van der Waals surface area (Å²) in [7, 11) is 1.81. The topological polar surface area (TPSA) is 29.1 Å². The number of carbonyl (C=O) groups excluding carboxylic acids is 1. The molecular formula is C7H15NO. The quantitative estimate of drug-likeness (QED) is 0.569. The summed E-state index contributed by atoms with van der Waals surface area (Å²) in [5, 5.41) is 2.93. The van der Waals surface area contributed by atoms with Crippen LogP contribution in [0.2, 0.25) is 0 Å². The molecule has 0 rings (SSSR count). The highest BCUT2D eigenvalue weighted by atomic mass is 16.1. The van der Waals surface area contributed by atoms with Crippen molar-refractivity contribution in [2.24, 2.45) is 5.92 Å². The number of rotatable bonds is 4. The number of nitrogens with one attached hydrogen (secondary N) is 1. The second kappa shape index (κ2) is 4.50. The molecule has 0 aromatic rings. The van der Waals surface area contributed by atoms with Crippen LogP contribution in [0.1, 0.15) is 20.3 Å². The summed E-state index contributed by atoms with van der Waals surface area (Å²) in [5.74, 6) is 0.451. The van der Waals surface area contributed by atoms with E-state index < -0.39 is 0 Å². The molecule has 0 amide bonds. The summed E-state index contributed by atoms with van der Waals surface area (Å²) in [5.41, 5.74) is 0. The zero-order valence-corrected chi connectivity index (χ0v) is 6.35. The maximum Gasteiger partial charge on any atom is 0.137 e. The van der Waals surface area contributed by atoms with Gasteiger partial charge in [0.2, 0.25) is 0 Å². The second-order valence-electron chi connectivity index (χ2n) is 2.34. The number of carbonyl (C=O) groups is 1. The first-order valence-electron chi connectivity index (χ1n) is 3.38. The minimum atomic E-state index is 0.0370. The molecule has 0 aliphatic heterocycles. The zero-order chi connectivity index (χ0) is 7.28. The smallest absolute Gasteiger partial charge is 0.137 e. The van der Waals surface area contributed by atoms with Gasteiger partial charge in [0.05, 0.1) is 6.04 Å². The van der Waals surface area contributed by atoms with Crippen LogP contribution in [-0.4, -0.2) is 19.4 Å². The van der Waals surface area contributed by atoms with E-state index in [2.05, 4.69) is 19.2 Å². The van der Waals surface area contributed by atoms with Crippen molar-refractivity contribution in [1.29, 1.82) is 0 Å². The molecule has 0 bridgehead atoms. The molecule has 1 N–H and O–H groups in total. The van der Waals surface area contributed by atoms with E-state index in [1.165, 1.54) is 0 Å². The average Bonchev–Trinajstić information content (AvgIpc) is 1.90. The van der Waals surface area contributed by atoms with Crippen LogP contribution in [0.3, 0.4) is 0 Å². The predicted octanol–water partition coefficient (Wildman–Crippen LogP) is 0.819. The Labute approximate surface area is 56.6 Å². The van der Waals surface area contributed by atoms with Crippen molar-refractivity contribution in [3.05, 3.63) is 0 Å². The van der Waals surface area contributed by atoms with Gasteiger partial charge in [-0.05, 0) is 13.0 Å². The Morgan fingerprint density at radius 3 is 2.33 bits per heavy atom. The van der Waals surface area contributed by atoms with E-state index >= 15 is 0 Å². The molecule has 2 heteroatoms. The fraction of sp³-hybridized carbons (Fsp3) is 0.857. The summed E-state index contributed by atoms with van der Waals surface area (Å²) in [4.78, 5) is 10.3. The zero-order valence-electron chi connectivity index (χ0n) is 6.35. The molecular weight excluding hydrogens is 114 g/mol. The van der Waals surface area contributed by atoms with Crippen molar-refractivity contribution in [2.75, 3.05) is 7.05 Å². The average molecular weight is 129 g/mol. The van der Waals surface area contributed by atoms with E-state index in [1.54, 1.807) is 0 Å². The van der Waals surface area contributed by atoms with Crippen LogP contribution in [0.5, 0.6) is 0 Å². The van der Waals surface area contributed by atoms with Crippen LogP contribution < -0.4 is 5.32 Å². The fourth-order valence-corrected chi connectivity index (χ4v) is 0.741. The van der Waals surface area contributed by atoms with Crippen LogP contribution in [0.4, 0.5) is 0 Å². The summed E-state index contributed by atoms with van der Waals surface area (Å²) in [6, 6.07) is 0.0370. The SMILES string of the molecule is CCC(C)[C@H](C=O)NC. The highest BCUT2D eigenvalue weighted by molar-refractivity contribution is 5.57. The predicted molar refractivity (Wildman–Crippen MR) is 38.4 cm³/mol. The van der Waals surface area contributed by atoms with Gasteiger partial charge in [0.25, 0.3) is 0 Å². The van der Waals surface area contributed by atoms with Gasteiger partial charge in [-0.3, -0.25) is 0 Å². The normalized spacial score (nSPS) is 16.8. The van der Waals surface area contributed by atoms with Crippen molar-refractivity contribution in [1.82, 2.24) is 5.32 Å². The Morgan fingerprint density at radius 2 is 2.22 bits per heavy atom. The molecule has 0 aliphatic rings. The van der Waals surface area contributed by atoms with Crippen LogP contribution >= 0.6 is 0 Å². The van der Waals surface area contributed by atoms with Gasteiger partial charge >= 0.3 is 0 Å². The van der Waals surface area contributed by atoms with E-state index in [-0.39, 0.29) is 6.04 Å². The van der Waals surface area contributed by atoms with Gasteiger partial charge in [0, 0.05) is 0 Å². The molecule has 0 fully saturated rings. The molecule has 0 aromatic heterocycles. The maximum atomic E-state index is 10.3. The first kappa shape index (κ1) is 8.63. The number of hydrogen-bond acceptors (Lipinski definition) is 2. The first-order chi connectivity index (χ1) is 4.26. The molecule has 9 heavy (non-hydrogen) atoms. The summed E-state index contributed by atoms with van der Waals surface area (Å²) in [6.07, 6.45) is 2.01. The van der Waals surface area contributed by atoms with Gasteiger partial charge in [-0.1, -0.05) is 20.3 Å². The largest absolute Gasteiger partial charge is 0.311 e. The Balaban J connectivity index is 3.63. The molecule has 1 unspecified atom stereocenters. The van der Waals surface area contributed by atoms with E-state index in [0.29, 0.717) is 5.92 Å². The summed E-state index contributed by atoms with van der Waals surface area (Å²) >= 11 is 0. The molecule has 54 valence electrons. The van der Waals surface area contributed by atoms with E-state index in [0.717, 1.165) is 12.7 Å². The monoisotopic (exact) mass is 129 g/mol. The van der Waals surface area contributed by atoms with Gasteiger partial charge in [-0.15, -0.1) is 0 Å². The van der Waals surface area contributed by atoms with E-state index in [9.17, 15) is 4.79 Å². The first-order valence-corrected chi connectivity index (χ1v) is 3.38. The molecule has 0 radical (unpaired) electrons. The lowest BCUT2D eigenvalue weighted by Gasteiger charge is -2.14. The van der Waals surface area contributed by atoms with Crippen LogP contribution in [0, 0.1) is 5.92 Å². The molecule has 2 nitrogen and oxygen atoms in total. The van der Waals surface area contributed by atoms with Crippen molar-refractivity contribution < 1.29 is 4.79 Å². The summed E-state index contributed by atoms with van der Waals surface area (Å²) in [6.45, 7) is 4.15. The van der Waals surface area contributed by atoms with Gasteiger partial charge in [0.1, 0.15) is 6.29 Å². The third-order valence-electron chi connectivity index (χ3n) is 1.74. The molecule has 0 aromatic carbocycles. The molecule has 0 aliphatic carbocycles. The third kappa shape index (κ3) is 2.61. The summed E-state index contributed by atoms with van der Waals surface area (Å²) < 4.78 is 0.